The van der Waals surface area contributed by atoms with Crippen LogP contribution in [0.4, 0.5) is 49.6 Å². The van der Waals surface area contributed by atoms with Gasteiger partial charge in [-0.25, -0.2) is 4.39 Å². The maximum absolute atomic E-state index is 13.4. The zero-order valence-corrected chi connectivity index (χ0v) is 13.4. The van der Waals surface area contributed by atoms with Crippen molar-refractivity contribution >= 4 is 23.0 Å². The van der Waals surface area contributed by atoms with E-state index in [2.05, 4.69) is 12.2 Å². The minimum Gasteiger partial charge on any atom is -0.333 e. The third-order valence-electron chi connectivity index (χ3n) is 3.00. The van der Waals surface area contributed by atoms with Crippen molar-refractivity contribution in [3.63, 3.8) is 0 Å². The van der Waals surface area contributed by atoms with E-state index in [1.54, 1.807) is 5.32 Å². The molecule has 0 aliphatic rings. The first-order chi connectivity index (χ1) is 12.1. The fourth-order valence-electron chi connectivity index (χ4n) is 1.65. The van der Waals surface area contributed by atoms with Crippen molar-refractivity contribution in [2.75, 3.05) is 12.0 Å². The van der Waals surface area contributed by atoms with Crippen molar-refractivity contribution < 1.29 is 43.9 Å². The van der Waals surface area contributed by atoms with Crippen LogP contribution in [-0.2, 0) is 6.18 Å². The standard InChI is InChI=1S/C13H7F10N3S/c14-5-10(15,16)12(20,21)13(22,23)26-9(27)25-7-2-1-6(4-24)8(3-7)11(17,18)19/h1-3H,5H2,(H2,25,26,27). The molecule has 0 fully saturated rings. The Morgan fingerprint density at radius 2 is 1.59 bits per heavy atom. The predicted octanol–water partition coefficient (Wildman–Crippen LogP) is 4.70. The number of halogens is 10. The number of hydrogen-bond acceptors (Lipinski definition) is 2. The van der Waals surface area contributed by atoms with E-state index in [9.17, 15) is 43.9 Å². The maximum Gasteiger partial charge on any atom is 0.417 e. The van der Waals surface area contributed by atoms with Crippen molar-refractivity contribution in [3.05, 3.63) is 29.3 Å². The number of nitriles is 1. The Hall–Kier alpha value is -2.30. The summed E-state index contributed by atoms with van der Waals surface area (Å²) in [6.45, 7) is -3.10. The quantitative estimate of drug-likeness (QED) is 0.407. The Kier molecular flexibility index (Phi) is 6.21. The highest BCUT2D eigenvalue weighted by molar-refractivity contribution is 7.80. The van der Waals surface area contributed by atoms with Gasteiger partial charge in [0.05, 0.1) is 17.2 Å². The first-order valence-electron chi connectivity index (χ1n) is 6.49. The fraction of sp³-hybridized carbons (Fsp3) is 0.385. The number of nitrogens with one attached hydrogen (secondary N) is 2. The normalized spacial score (nSPS) is 13.1. The monoisotopic (exact) mass is 427 g/mol. The Morgan fingerprint density at radius 1 is 1.04 bits per heavy atom. The first kappa shape index (κ1) is 22.7. The second-order valence-electron chi connectivity index (χ2n) is 4.94. The molecule has 0 aromatic heterocycles. The molecule has 2 N–H and O–H groups in total. The molecule has 0 saturated heterocycles. The molecule has 0 atom stereocenters. The third kappa shape index (κ3) is 4.71. The lowest BCUT2D eigenvalue weighted by Crippen LogP contribution is -2.63. The van der Waals surface area contributed by atoms with Crippen LogP contribution in [0.1, 0.15) is 11.1 Å². The van der Waals surface area contributed by atoms with Crippen LogP contribution in [0.15, 0.2) is 18.2 Å². The lowest BCUT2D eigenvalue weighted by molar-refractivity contribution is -0.316. The van der Waals surface area contributed by atoms with Crippen LogP contribution in [0.3, 0.4) is 0 Å². The van der Waals surface area contributed by atoms with Crippen LogP contribution in [0.2, 0.25) is 0 Å². The number of thiocarbonyl (C=S) groups is 1. The molecule has 14 heteroatoms. The van der Waals surface area contributed by atoms with E-state index in [0.717, 1.165) is 6.07 Å². The molecule has 0 saturated carbocycles. The van der Waals surface area contributed by atoms with Gasteiger partial charge in [0.2, 0.25) is 0 Å². The Balaban J connectivity index is 3.06. The lowest BCUT2D eigenvalue weighted by atomic mass is 10.1. The summed E-state index contributed by atoms with van der Waals surface area (Å²) in [5.74, 6) is -11.9. The van der Waals surface area contributed by atoms with Crippen molar-refractivity contribution in [3.8, 4) is 6.07 Å². The molecule has 150 valence electrons. The molecule has 0 amide bonds. The molecular weight excluding hydrogens is 420 g/mol. The van der Waals surface area contributed by atoms with Crippen LogP contribution < -0.4 is 10.6 Å². The van der Waals surface area contributed by atoms with Gasteiger partial charge in [-0.05, 0) is 30.4 Å². The molecule has 0 aliphatic carbocycles. The number of anilines is 1. The molecule has 1 aromatic rings. The SMILES string of the molecule is N#Cc1ccc(NC(=S)NC(F)(F)C(F)(F)C(F)(F)CF)cc1C(F)(F)F. The van der Waals surface area contributed by atoms with E-state index in [-0.39, 0.29) is 6.07 Å². The van der Waals surface area contributed by atoms with E-state index >= 15 is 0 Å². The number of alkyl halides is 10. The largest absolute Gasteiger partial charge is 0.417 e. The second kappa shape index (κ2) is 7.37. The van der Waals surface area contributed by atoms with Crippen molar-refractivity contribution in [2.45, 2.75) is 24.1 Å². The van der Waals surface area contributed by atoms with Gasteiger partial charge in [-0.15, -0.1) is 0 Å². The van der Waals surface area contributed by atoms with Gasteiger partial charge in [0, 0.05) is 5.69 Å². The number of hydrogen-bond donors (Lipinski definition) is 2. The molecule has 0 bridgehead atoms. The molecule has 0 aliphatic heterocycles. The average Bonchev–Trinajstić information content (AvgIpc) is 2.52. The summed E-state index contributed by atoms with van der Waals surface area (Å²) in [4.78, 5) is 0. The number of rotatable bonds is 5. The van der Waals surface area contributed by atoms with Gasteiger partial charge in [-0.2, -0.15) is 44.8 Å². The lowest BCUT2D eigenvalue weighted by Gasteiger charge is -2.32. The summed E-state index contributed by atoms with van der Waals surface area (Å²) < 4.78 is 129. The zero-order chi connectivity index (χ0) is 21.3. The summed E-state index contributed by atoms with van der Waals surface area (Å²) in [7, 11) is 0. The molecular formula is C13H7F10N3S. The smallest absolute Gasteiger partial charge is 0.333 e. The van der Waals surface area contributed by atoms with Crippen molar-refractivity contribution in [2.24, 2.45) is 0 Å². The summed E-state index contributed by atoms with van der Waals surface area (Å²) in [6.07, 6.45) is -5.02. The molecule has 27 heavy (non-hydrogen) atoms. The molecule has 3 nitrogen and oxygen atoms in total. The van der Waals surface area contributed by atoms with Gasteiger partial charge < -0.3 is 5.32 Å². The van der Waals surface area contributed by atoms with Crippen molar-refractivity contribution in [1.29, 1.82) is 5.26 Å². The van der Waals surface area contributed by atoms with Crippen LogP contribution in [0.5, 0.6) is 0 Å². The molecule has 0 radical (unpaired) electrons. The van der Waals surface area contributed by atoms with Crippen molar-refractivity contribution in [1.82, 2.24) is 5.32 Å². The molecule has 0 unspecified atom stereocenters. The third-order valence-corrected chi connectivity index (χ3v) is 3.20. The molecule has 0 heterocycles. The summed E-state index contributed by atoms with van der Waals surface area (Å²) in [5.41, 5.74) is -2.97. The molecule has 0 spiro atoms. The Morgan fingerprint density at radius 3 is 2.04 bits per heavy atom. The summed E-state index contributed by atoms with van der Waals surface area (Å²) >= 11 is 4.19. The van der Waals surface area contributed by atoms with Gasteiger partial charge in [0.15, 0.2) is 11.8 Å². The van der Waals surface area contributed by atoms with Gasteiger partial charge in [0.25, 0.3) is 0 Å². The zero-order valence-electron chi connectivity index (χ0n) is 12.6. The molecule has 1 rings (SSSR count). The minimum absolute atomic E-state index is 0.263. The van der Waals surface area contributed by atoms with Gasteiger partial charge >= 0.3 is 24.1 Å². The fourth-order valence-corrected chi connectivity index (χ4v) is 1.90. The minimum atomic E-state index is -6.21. The summed E-state index contributed by atoms with van der Waals surface area (Å²) in [6, 6.07) is -2.84. The average molecular weight is 427 g/mol. The van der Waals surface area contributed by atoms with E-state index in [4.69, 9.17) is 5.26 Å². The summed E-state index contributed by atoms with van der Waals surface area (Å²) in [5, 5.41) is 9.33. The van der Waals surface area contributed by atoms with Gasteiger partial charge in [-0.1, -0.05) is 0 Å². The van der Waals surface area contributed by atoms with E-state index in [1.807, 2.05) is 0 Å². The van der Waals surface area contributed by atoms with Gasteiger partial charge in [0.1, 0.15) is 0 Å². The number of nitrogens with zero attached hydrogens (tertiary/aromatic N) is 1. The topological polar surface area (TPSA) is 47.9 Å². The maximum atomic E-state index is 13.4. The van der Waals surface area contributed by atoms with E-state index in [0.29, 0.717) is 11.4 Å². The van der Waals surface area contributed by atoms with E-state index < -0.39 is 52.7 Å². The Bertz CT molecular complexity index is 754. The second-order valence-corrected chi connectivity index (χ2v) is 5.34. The number of benzene rings is 1. The molecule has 1 aromatic carbocycles. The van der Waals surface area contributed by atoms with Crippen LogP contribution in [-0.4, -0.2) is 29.7 Å². The van der Waals surface area contributed by atoms with Gasteiger partial charge in [-0.3, -0.25) is 5.32 Å². The highest BCUT2D eigenvalue weighted by Gasteiger charge is 2.72. The first-order valence-corrected chi connectivity index (χ1v) is 6.90. The van der Waals surface area contributed by atoms with E-state index in [1.165, 1.54) is 6.07 Å². The highest BCUT2D eigenvalue weighted by Crippen LogP contribution is 2.44. The van der Waals surface area contributed by atoms with Crippen LogP contribution in [0.25, 0.3) is 0 Å². The van der Waals surface area contributed by atoms with Crippen LogP contribution >= 0.6 is 12.2 Å². The Labute approximate surface area is 149 Å². The van der Waals surface area contributed by atoms with Crippen LogP contribution in [0, 0.1) is 11.3 Å². The highest BCUT2D eigenvalue weighted by atomic mass is 32.1. The predicted molar refractivity (Wildman–Crippen MR) is 76.3 cm³/mol.